The molecule has 59 valence electrons. The van der Waals surface area contributed by atoms with E-state index in [-0.39, 0.29) is 115 Å². The minimum absolute atomic E-state index is 0. The molecule has 0 spiro atoms. The minimum atomic E-state index is -0.899. The van der Waals surface area contributed by atoms with E-state index in [0.717, 1.165) is 0 Å². The first kappa shape index (κ1) is 24.7. The Bertz CT molecular complexity index is 218. The van der Waals surface area contributed by atoms with Crippen LogP contribution in [-0.2, 0) is 0 Å². The second kappa shape index (κ2) is 14.6. The molecule has 0 unspecified atom stereocenters. The van der Waals surface area contributed by atoms with Gasteiger partial charge in [0.1, 0.15) is 0 Å². The summed E-state index contributed by atoms with van der Waals surface area (Å²) in [4.78, 5) is 10.2. The first-order chi connectivity index (χ1) is 4.30. The quantitative estimate of drug-likeness (QED) is 0.553. The van der Waals surface area contributed by atoms with Gasteiger partial charge < -0.3 is 5.11 Å². The summed E-state index contributed by atoms with van der Waals surface area (Å²) in [6.45, 7) is 0. The van der Waals surface area contributed by atoms with Gasteiger partial charge in [-0.3, -0.25) is 0 Å². The van der Waals surface area contributed by atoms with Crippen LogP contribution in [0.4, 0.5) is 0 Å². The molecule has 1 rings (SSSR count). The molecule has 1 aromatic rings. The Morgan fingerprint density at radius 3 is 1.77 bits per heavy atom. The number of benzene rings is 1. The summed E-state index contributed by atoms with van der Waals surface area (Å²) in [6, 6.07) is 8.87. The summed E-state index contributed by atoms with van der Waals surface area (Å²) >= 11 is 0. The van der Waals surface area contributed by atoms with E-state index in [2.05, 4.69) is 6.07 Å². The van der Waals surface area contributed by atoms with Crippen LogP contribution in [0.25, 0.3) is 0 Å². The van der Waals surface area contributed by atoms with Crippen LogP contribution in [0.15, 0.2) is 24.3 Å². The zero-order valence-electron chi connectivity index (χ0n) is 5.37. The standard InChI is InChI=1S/C7H5O2.Bi.3Na.6H/c8-7(9)6-4-2-1-3-5-6;;;;;;;;;;/h2-5H,(H,8,9);;;;;;;;;;. The van der Waals surface area contributed by atoms with Crippen LogP contribution >= 0.6 is 0 Å². The molecule has 1 aromatic carbocycles. The maximum atomic E-state index is 10.2. The summed E-state index contributed by atoms with van der Waals surface area (Å²) in [5, 5.41) is 8.37. The van der Waals surface area contributed by atoms with Crippen LogP contribution in [0.1, 0.15) is 10.4 Å². The van der Waals surface area contributed by atoms with Crippen LogP contribution in [0.5, 0.6) is 0 Å². The maximum absolute atomic E-state index is 10.2. The Morgan fingerprint density at radius 1 is 1.15 bits per heavy atom. The van der Waals surface area contributed by atoms with Gasteiger partial charge in [-0.2, -0.15) is 0 Å². The van der Waals surface area contributed by atoms with E-state index in [1.54, 1.807) is 12.1 Å². The monoisotopic (exact) mass is 405 g/mol. The Labute approximate surface area is 163 Å². The summed E-state index contributed by atoms with van der Waals surface area (Å²) < 4.78 is 0. The van der Waals surface area contributed by atoms with Gasteiger partial charge in [0.25, 0.3) is 0 Å². The van der Waals surface area contributed by atoms with Crippen LogP contribution in [0.2, 0.25) is 0 Å². The fourth-order valence-corrected chi connectivity index (χ4v) is 0.529. The van der Waals surface area contributed by atoms with Crippen molar-refractivity contribution in [3.05, 3.63) is 35.9 Å². The molecule has 1 N–H and O–H groups in total. The Kier molecular flexibility index (Phi) is 27.7. The molecular weight excluding hydrogens is 394 g/mol. The third-order valence-electron chi connectivity index (χ3n) is 0.965. The van der Waals surface area contributed by atoms with Gasteiger partial charge >= 0.3 is 121 Å². The van der Waals surface area contributed by atoms with Gasteiger partial charge in [0.05, 0.1) is 5.56 Å². The molecular formula is C7H11BiNa3O2. The molecule has 0 saturated heterocycles. The van der Waals surface area contributed by atoms with Crippen molar-refractivity contribution >= 4 is 121 Å². The number of hydrogen-bond acceptors (Lipinski definition) is 1. The number of carbonyl (C=O) groups is 1. The van der Waals surface area contributed by atoms with E-state index in [9.17, 15) is 4.79 Å². The summed E-state index contributed by atoms with van der Waals surface area (Å²) in [5.74, 6) is -0.899. The van der Waals surface area contributed by atoms with Crippen molar-refractivity contribution < 1.29 is 9.90 Å². The normalized spacial score (nSPS) is 6.15. The van der Waals surface area contributed by atoms with Gasteiger partial charge in [0.2, 0.25) is 0 Å². The third-order valence-corrected chi connectivity index (χ3v) is 0.965. The first-order valence-electron chi connectivity index (χ1n) is 2.50. The third kappa shape index (κ3) is 10.8. The molecule has 0 saturated carbocycles. The topological polar surface area (TPSA) is 37.3 Å². The van der Waals surface area contributed by atoms with E-state index in [1.165, 1.54) is 12.1 Å². The molecule has 0 bridgehead atoms. The fraction of sp³-hybridized carbons (Fsp3) is 0. The van der Waals surface area contributed by atoms with Crippen molar-refractivity contribution in [2.75, 3.05) is 0 Å². The van der Waals surface area contributed by atoms with Crippen LogP contribution in [0, 0.1) is 6.07 Å². The molecule has 0 aromatic heterocycles. The summed E-state index contributed by atoms with van der Waals surface area (Å²) in [5.41, 5.74) is 0.300. The van der Waals surface area contributed by atoms with Gasteiger partial charge in [-0.1, -0.05) is 12.1 Å². The SMILES string of the molecule is O=C(O)c1cc[c]cc1.[BiH3].[NaH].[NaH].[NaH]. The number of carboxylic acids is 1. The second-order valence-electron chi connectivity index (χ2n) is 1.59. The predicted molar refractivity (Wildman–Crippen MR) is 63.6 cm³/mol. The van der Waals surface area contributed by atoms with Crippen molar-refractivity contribution in [1.82, 2.24) is 0 Å². The molecule has 0 atom stereocenters. The average Bonchev–Trinajstić information content (AvgIpc) is 1.90. The summed E-state index contributed by atoms with van der Waals surface area (Å²) in [7, 11) is 0. The van der Waals surface area contributed by atoms with E-state index < -0.39 is 5.97 Å². The summed E-state index contributed by atoms with van der Waals surface area (Å²) in [6.07, 6.45) is 0. The fourth-order valence-electron chi connectivity index (χ4n) is 0.529. The van der Waals surface area contributed by atoms with E-state index in [0.29, 0.717) is 5.56 Å². The van der Waals surface area contributed by atoms with Crippen molar-refractivity contribution in [3.63, 3.8) is 0 Å². The predicted octanol–water partition coefficient (Wildman–Crippen LogP) is -1.94. The van der Waals surface area contributed by atoms with Gasteiger partial charge in [-0.15, -0.1) is 0 Å². The molecule has 0 heterocycles. The van der Waals surface area contributed by atoms with Gasteiger partial charge in [-0.25, -0.2) is 4.79 Å². The Hall–Kier alpha value is 2.57. The van der Waals surface area contributed by atoms with Crippen LogP contribution in [-0.4, -0.2) is 126 Å². The Morgan fingerprint density at radius 2 is 1.54 bits per heavy atom. The number of aromatic carboxylic acids is 1. The Balaban J connectivity index is -0.000000101. The molecule has 0 fully saturated rings. The van der Waals surface area contributed by atoms with E-state index >= 15 is 0 Å². The second-order valence-corrected chi connectivity index (χ2v) is 1.59. The molecule has 0 aliphatic heterocycles. The molecule has 6 heteroatoms. The number of carboxylic acid groups (broad SMARTS) is 1. The van der Waals surface area contributed by atoms with E-state index in [4.69, 9.17) is 5.11 Å². The number of rotatable bonds is 1. The molecule has 0 amide bonds. The van der Waals surface area contributed by atoms with Crippen LogP contribution < -0.4 is 0 Å². The van der Waals surface area contributed by atoms with Crippen molar-refractivity contribution in [1.29, 1.82) is 0 Å². The molecule has 2 nitrogen and oxygen atoms in total. The van der Waals surface area contributed by atoms with Crippen molar-refractivity contribution in [3.8, 4) is 0 Å². The molecule has 0 aliphatic carbocycles. The first-order valence-corrected chi connectivity index (χ1v) is 2.50. The van der Waals surface area contributed by atoms with Crippen molar-refractivity contribution in [2.45, 2.75) is 0 Å². The number of hydrogen-bond donors (Lipinski definition) is 1. The zero-order valence-corrected chi connectivity index (χ0v) is 10.9. The van der Waals surface area contributed by atoms with Gasteiger partial charge in [0.15, 0.2) is 0 Å². The van der Waals surface area contributed by atoms with Crippen LogP contribution in [0.3, 0.4) is 0 Å². The molecule has 0 aliphatic rings. The molecule has 1 radical (unpaired) electrons. The zero-order chi connectivity index (χ0) is 6.69. The van der Waals surface area contributed by atoms with E-state index in [1.807, 2.05) is 0 Å². The average molecular weight is 405 g/mol. The van der Waals surface area contributed by atoms with Crippen molar-refractivity contribution in [2.24, 2.45) is 0 Å². The van der Waals surface area contributed by atoms with Gasteiger partial charge in [-0.05, 0) is 18.2 Å². The van der Waals surface area contributed by atoms with Gasteiger partial charge in [0, 0.05) is 0 Å². The molecule has 13 heavy (non-hydrogen) atoms.